The highest BCUT2D eigenvalue weighted by Crippen LogP contribution is 2.35. The molecule has 0 aliphatic rings. The van der Waals surface area contributed by atoms with Crippen LogP contribution in [0.3, 0.4) is 0 Å². The molecule has 2 heterocycles. The summed E-state index contributed by atoms with van der Waals surface area (Å²) in [6.45, 7) is 2.08. The average Bonchev–Trinajstić information content (AvgIpc) is 2.73. The average molecular weight is 356 g/mol. The first-order chi connectivity index (χ1) is 13.2. The standard InChI is InChI=1S/C22H20N4O/c1-14-6-8-15(9-7-14)17-11-18-20(19(12-17)27-3)25-21(26-22(18)23-2)16-5-4-10-24-13-16/h4-13H,1-3H3,(H,23,25,26). The van der Waals surface area contributed by atoms with E-state index in [0.717, 1.165) is 33.4 Å². The predicted octanol–water partition coefficient (Wildman–Crippen LogP) is 4.72. The van der Waals surface area contributed by atoms with Gasteiger partial charge in [0.15, 0.2) is 5.82 Å². The summed E-state index contributed by atoms with van der Waals surface area (Å²) < 4.78 is 5.67. The molecule has 0 aliphatic heterocycles. The fraction of sp³-hybridized carbons (Fsp3) is 0.136. The van der Waals surface area contributed by atoms with Crippen LogP contribution in [0.1, 0.15) is 5.56 Å². The molecule has 0 amide bonds. The number of pyridine rings is 1. The van der Waals surface area contributed by atoms with E-state index < -0.39 is 0 Å². The van der Waals surface area contributed by atoms with Crippen molar-refractivity contribution in [3.63, 3.8) is 0 Å². The fourth-order valence-electron chi connectivity index (χ4n) is 3.08. The van der Waals surface area contributed by atoms with Crippen molar-refractivity contribution in [1.29, 1.82) is 0 Å². The van der Waals surface area contributed by atoms with Crippen molar-refractivity contribution in [2.75, 3.05) is 19.5 Å². The van der Waals surface area contributed by atoms with Crippen molar-refractivity contribution >= 4 is 16.7 Å². The molecule has 0 unspecified atom stereocenters. The first-order valence-electron chi connectivity index (χ1n) is 8.74. The molecular weight excluding hydrogens is 336 g/mol. The SMILES string of the molecule is CNc1nc(-c2cccnc2)nc2c(OC)cc(-c3ccc(C)cc3)cc12. The van der Waals surface area contributed by atoms with Crippen molar-refractivity contribution in [2.24, 2.45) is 0 Å². The lowest BCUT2D eigenvalue weighted by Gasteiger charge is -2.13. The molecule has 0 radical (unpaired) electrons. The maximum absolute atomic E-state index is 5.67. The van der Waals surface area contributed by atoms with Crippen molar-refractivity contribution in [2.45, 2.75) is 6.92 Å². The van der Waals surface area contributed by atoms with Crippen molar-refractivity contribution in [3.8, 4) is 28.3 Å². The van der Waals surface area contributed by atoms with E-state index in [0.29, 0.717) is 11.6 Å². The van der Waals surface area contributed by atoms with Gasteiger partial charge in [0.05, 0.1) is 7.11 Å². The highest BCUT2D eigenvalue weighted by atomic mass is 16.5. The van der Waals surface area contributed by atoms with E-state index in [9.17, 15) is 0 Å². The van der Waals surface area contributed by atoms with Gasteiger partial charge in [0.2, 0.25) is 0 Å². The van der Waals surface area contributed by atoms with Crippen LogP contribution in [-0.2, 0) is 0 Å². The second-order valence-corrected chi connectivity index (χ2v) is 6.33. The molecule has 0 bridgehead atoms. The number of hydrogen-bond donors (Lipinski definition) is 1. The Kier molecular flexibility index (Phi) is 4.42. The smallest absolute Gasteiger partial charge is 0.163 e. The molecule has 4 rings (SSSR count). The molecule has 0 fully saturated rings. The molecule has 5 heteroatoms. The Morgan fingerprint density at radius 3 is 2.41 bits per heavy atom. The third kappa shape index (κ3) is 3.19. The van der Waals surface area contributed by atoms with Crippen LogP contribution in [0, 0.1) is 6.92 Å². The molecule has 0 saturated carbocycles. The van der Waals surface area contributed by atoms with E-state index >= 15 is 0 Å². The Hall–Kier alpha value is -3.47. The largest absolute Gasteiger partial charge is 0.494 e. The predicted molar refractivity (Wildman–Crippen MR) is 109 cm³/mol. The van der Waals surface area contributed by atoms with E-state index in [-0.39, 0.29) is 0 Å². The number of nitrogens with one attached hydrogen (secondary N) is 1. The van der Waals surface area contributed by atoms with Crippen LogP contribution in [0.2, 0.25) is 0 Å². The van der Waals surface area contributed by atoms with Crippen molar-refractivity contribution < 1.29 is 4.74 Å². The van der Waals surface area contributed by atoms with Crippen molar-refractivity contribution in [1.82, 2.24) is 15.0 Å². The maximum atomic E-state index is 5.67. The Morgan fingerprint density at radius 1 is 0.926 bits per heavy atom. The molecular formula is C22H20N4O. The van der Waals surface area contributed by atoms with Crippen LogP contribution in [-0.4, -0.2) is 29.1 Å². The lowest BCUT2D eigenvalue weighted by atomic mass is 10.0. The Bertz CT molecular complexity index is 1090. The lowest BCUT2D eigenvalue weighted by molar-refractivity contribution is 0.419. The number of benzene rings is 2. The van der Waals surface area contributed by atoms with Gasteiger partial charge in [-0.1, -0.05) is 29.8 Å². The molecule has 2 aromatic heterocycles. The molecule has 0 spiro atoms. The minimum absolute atomic E-state index is 0.612. The highest BCUT2D eigenvalue weighted by Gasteiger charge is 2.15. The third-order valence-electron chi connectivity index (χ3n) is 4.53. The van der Waals surface area contributed by atoms with Crippen molar-refractivity contribution in [3.05, 3.63) is 66.5 Å². The zero-order valence-electron chi connectivity index (χ0n) is 15.5. The Labute approximate surface area is 158 Å². The summed E-state index contributed by atoms with van der Waals surface area (Å²) in [6, 6.07) is 16.4. The molecule has 2 aromatic carbocycles. The maximum Gasteiger partial charge on any atom is 0.163 e. The Balaban J connectivity index is 1.96. The molecule has 134 valence electrons. The van der Waals surface area contributed by atoms with Gasteiger partial charge in [0.25, 0.3) is 0 Å². The third-order valence-corrected chi connectivity index (χ3v) is 4.53. The zero-order valence-corrected chi connectivity index (χ0v) is 15.5. The van der Waals surface area contributed by atoms with E-state index in [1.54, 1.807) is 19.5 Å². The molecule has 1 N–H and O–H groups in total. The van der Waals surface area contributed by atoms with Crippen LogP contribution >= 0.6 is 0 Å². The normalized spacial score (nSPS) is 10.8. The molecule has 27 heavy (non-hydrogen) atoms. The van der Waals surface area contributed by atoms with E-state index in [1.165, 1.54) is 5.56 Å². The number of anilines is 1. The Morgan fingerprint density at radius 2 is 1.74 bits per heavy atom. The summed E-state index contributed by atoms with van der Waals surface area (Å²) in [5, 5.41) is 4.11. The van der Waals surface area contributed by atoms with Gasteiger partial charge in [-0.25, -0.2) is 9.97 Å². The number of fused-ring (bicyclic) bond motifs is 1. The minimum Gasteiger partial charge on any atom is -0.494 e. The van der Waals surface area contributed by atoms with E-state index in [1.807, 2.05) is 25.2 Å². The first-order valence-corrected chi connectivity index (χ1v) is 8.74. The van der Waals surface area contributed by atoms with Crippen LogP contribution in [0.25, 0.3) is 33.4 Å². The number of ether oxygens (including phenoxy) is 1. The summed E-state index contributed by atoms with van der Waals surface area (Å²) in [6.07, 6.45) is 3.49. The molecule has 0 saturated heterocycles. The zero-order chi connectivity index (χ0) is 18.8. The van der Waals surface area contributed by atoms with Gasteiger partial charge in [0, 0.05) is 30.4 Å². The molecule has 0 aliphatic carbocycles. The van der Waals surface area contributed by atoms with Crippen LogP contribution in [0.15, 0.2) is 60.9 Å². The molecule has 4 aromatic rings. The summed E-state index contributed by atoms with van der Waals surface area (Å²) in [5.74, 6) is 2.08. The van der Waals surface area contributed by atoms with Crippen LogP contribution in [0.5, 0.6) is 5.75 Å². The number of methoxy groups -OCH3 is 1. The molecule has 0 atom stereocenters. The van der Waals surface area contributed by atoms with Gasteiger partial charge in [-0.2, -0.15) is 0 Å². The van der Waals surface area contributed by atoms with Gasteiger partial charge in [-0.05, 0) is 42.3 Å². The number of nitrogens with zero attached hydrogens (tertiary/aromatic N) is 3. The number of aromatic nitrogens is 3. The number of rotatable bonds is 4. The number of aryl methyl sites for hydroxylation is 1. The van der Waals surface area contributed by atoms with E-state index in [4.69, 9.17) is 14.7 Å². The van der Waals surface area contributed by atoms with Crippen LogP contribution in [0.4, 0.5) is 5.82 Å². The molecule has 5 nitrogen and oxygen atoms in total. The second kappa shape index (κ2) is 7.03. The fourth-order valence-corrected chi connectivity index (χ4v) is 3.08. The lowest BCUT2D eigenvalue weighted by Crippen LogP contribution is -2.01. The monoisotopic (exact) mass is 356 g/mol. The highest BCUT2D eigenvalue weighted by molar-refractivity contribution is 5.97. The van der Waals surface area contributed by atoms with E-state index in [2.05, 4.69) is 47.6 Å². The van der Waals surface area contributed by atoms with Gasteiger partial charge < -0.3 is 10.1 Å². The summed E-state index contributed by atoms with van der Waals surface area (Å²) in [4.78, 5) is 13.6. The minimum atomic E-state index is 0.612. The number of hydrogen-bond acceptors (Lipinski definition) is 5. The summed E-state index contributed by atoms with van der Waals surface area (Å²) in [7, 11) is 3.53. The van der Waals surface area contributed by atoms with Gasteiger partial charge in [-0.15, -0.1) is 0 Å². The van der Waals surface area contributed by atoms with Gasteiger partial charge in [0.1, 0.15) is 17.1 Å². The summed E-state index contributed by atoms with van der Waals surface area (Å²) >= 11 is 0. The summed E-state index contributed by atoms with van der Waals surface area (Å²) in [5.41, 5.74) is 5.05. The quantitative estimate of drug-likeness (QED) is 0.573. The van der Waals surface area contributed by atoms with Crippen LogP contribution < -0.4 is 10.1 Å². The second-order valence-electron chi connectivity index (χ2n) is 6.33. The topological polar surface area (TPSA) is 59.9 Å². The van der Waals surface area contributed by atoms with Gasteiger partial charge >= 0.3 is 0 Å². The first kappa shape index (κ1) is 17.0. The van der Waals surface area contributed by atoms with Gasteiger partial charge in [-0.3, -0.25) is 4.98 Å².